The molecule has 0 bridgehead atoms. The summed E-state index contributed by atoms with van der Waals surface area (Å²) in [5.74, 6) is 0. The number of hydrogen-bond donors (Lipinski definition) is 1. The summed E-state index contributed by atoms with van der Waals surface area (Å²) in [7, 11) is -1.27. The number of nitrogens with zero attached hydrogens (tertiary/aromatic N) is 2. The van der Waals surface area contributed by atoms with Crippen LogP contribution < -0.4 is 0 Å². The summed E-state index contributed by atoms with van der Waals surface area (Å²) in [6.07, 6.45) is 5.60. The zero-order valence-electron chi connectivity index (χ0n) is 14.3. The first-order valence-corrected chi connectivity index (χ1v) is 9.68. The van der Waals surface area contributed by atoms with Crippen LogP contribution in [-0.2, 0) is 21.9 Å². The van der Waals surface area contributed by atoms with Crippen molar-refractivity contribution >= 4 is 9.84 Å². The number of pyridine rings is 1. The SMILES string of the molecule is CN(CCc1ccncc1)CC(C)(O)c1ccc(S(C)(=O)=O)cc1. The second-order valence-electron chi connectivity index (χ2n) is 6.41. The molecular weight excluding hydrogens is 324 g/mol. The van der Waals surface area contributed by atoms with Crippen LogP contribution in [0.4, 0.5) is 0 Å². The van der Waals surface area contributed by atoms with Gasteiger partial charge in [-0.1, -0.05) is 12.1 Å². The van der Waals surface area contributed by atoms with Crippen LogP contribution in [0.15, 0.2) is 53.7 Å². The maximum Gasteiger partial charge on any atom is 0.175 e. The summed E-state index contributed by atoms with van der Waals surface area (Å²) in [4.78, 5) is 6.32. The Balaban J connectivity index is 1.99. The zero-order chi connectivity index (χ0) is 17.8. The second-order valence-corrected chi connectivity index (χ2v) is 8.43. The number of benzene rings is 1. The lowest BCUT2D eigenvalue weighted by molar-refractivity contribution is 0.0237. The van der Waals surface area contributed by atoms with E-state index in [1.807, 2.05) is 19.2 Å². The largest absolute Gasteiger partial charge is 0.384 e. The third kappa shape index (κ3) is 5.12. The standard InChI is InChI=1S/C18H24N2O3S/c1-18(21,16-4-6-17(7-5-16)24(3,22)23)14-20(2)13-10-15-8-11-19-12-9-15/h4-9,11-12,21H,10,13-14H2,1-3H3. The zero-order valence-corrected chi connectivity index (χ0v) is 15.1. The van der Waals surface area contributed by atoms with Gasteiger partial charge in [-0.05, 0) is 55.8 Å². The van der Waals surface area contributed by atoms with Crippen molar-refractivity contribution in [2.75, 3.05) is 26.4 Å². The first-order valence-electron chi connectivity index (χ1n) is 7.79. The van der Waals surface area contributed by atoms with Crippen LogP contribution in [0.1, 0.15) is 18.1 Å². The Hall–Kier alpha value is -1.76. The van der Waals surface area contributed by atoms with Gasteiger partial charge in [0.05, 0.1) is 10.5 Å². The molecule has 24 heavy (non-hydrogen) atoms. The highest BCUT2D eigenvalue weighted by Gasteiger charge is 2.25. The molecule has 1 aromatic carbocycles. The van der Waals surface area contributed by atoms with Crippen molar-refractivity contribution in [3.05, 3.63) is 59.9 Å². The molecule has 0 spiro atoms. The molecule has 0 saturated carbocycles. The average molecular weight is 348 g/mol. The van der Waals surface area contributed by atoms with Gasteiger partial charge in [-0.2, -0.15) is 0 Å². The number of aromatic nitrogens is 1. The quantitative estimate of drug-likeness (QED) is 0.827. The Labute approximate surface area is 143 Å². The van der Waals surface area contributed by atoms with Crippen molar-refractivity contribution < 1.29 is 13.5 Å². The van der Waals surface area contributed by atoms with Gasteiger partial charge < -0.3 is 10.0 Å². The van der Waals surface area contributed by atoms with E-state index in [9.17, 15) is 13.5 Å². The molecule has 2 rings (SSSR count). The van der Waals surface area contributed by atoms with Crippen LogP contribution in [0, 0.1) is 0 Å². The van der Waals surface area contributed by atoms with Crippen LogP contribution >= 0.6 is 0 Å². The third-order valence-corrected chi connectivity index (χ3v) is 5.14. The molecule has 1 aromatic heterocycles. The first-order chi connectivity index (χ1) is 11.2. The predicted molar refractivity (Wildman–Crippen MR) is 94.6 cm³/mol. The molecule has 1 unspecified atom stereocenters. The minimum atomic E-state index is -3.22. The predicted octanol–water partition coefficient (Wildman–Crippen LogP) is 1.87. The first kappa shape index (κ1) is 18.6. The monoisotopic (exact) mass is 348 g/mol. The van der Waals surface area contributed by atoms with E-state index in [0.717, 1.165) is 13.0 Å². The van der Waals surface area contributed by atoms with E-state index >= 15 is 0 Å². The van der Waals surface area contributed by atoms with Crippen LogP contribution in [-0.4, -0.2) is 49.8 Å². The summed E-state index contributed by atoms with van der Waals surface area (Å²) >= 11 is 0. The molecule has 5 nitrogen and oxygen atoms in total. The van der Waals surface area contributed by atoms with Crippen LogP contribution in [0.2, 0.25) is 0 Å². The highest BCUT2D eigenvalue weighted by Crippen LogP contribution is 2.23. The van der Waals surface area contributed by atoms with Gasteiger partial charge in [-0.15, -0.1) is 0 Å². The summed E-state index contributed by atoms with van der Waals surface area (Å²) in [6.45, 7) is 3.00. The molecule has 0 radical (unpaired) electrons. The Bertz CT molecular complexity index is 757. The topological polar surface area (TPSA) is 70.5 Å². The second kappa shape index (κ2) is 7.42. The average Bonchev–Trinajstić information content (AvgIpc) is 2.53. The highest BCUT2D eigenvalue weighted by molar-refractivity contribution is 7.90. The minimum Gasteiger partial charge on any atom is -0.384 e. The fourth-order valence-electron chi connectivity index (χ4n) is 2.63. The van der Waals surface area contributed by atoms with Gasteiger partial charge in [-0.3, -0.25) is 4.98 Å². The van der Waals surface area contributed by atoms with Crippen molar-refractivity contribution in [1.29, 1.82) is 0 Å². The molecule has 6 heteroatoms. The number of aliphatic hydroxyl groups is 1. The number of rotatable bonds is 7. The van der Waals surface area contributed by atoms with Crippen molar-refractivity contribution in [1.82, 2.24) is 9.88 Å². The van der Waals surface area contributed by atoms with Gasteiger partial charge in [0, 0.05) is 31.7 Å². The molecule has 130 valence electrons. The lowest BCUT2D eigenvalue weighted by atomic mass is 9.95. The lowest BCUT2D eigenvalue weighted by Gasteiger charge is -2.29. The van der Waals surface area contributed by atoms with E-state index in [2.05, 4.69) is 9.88 Å². The fourth-order valence-corrected chi connectivity index (χ4v) is 3.26. The van der Waals surface area contributed by atoms with Crippen LogP contribution in [0.5, 0.6) is 0 Å². The number of hydrogen-bond acceptors (Lipinski definition) is 5. The molecule has 1 N–H and O–H groups in total. The lowest BCUT2D eigenvalue weighted by Crippen LogP contribution is -2.37. The van der Waals surface area contributed by atoms with E-state index < -0.39 is 15.4 Å². The molecule has 0 fully saturated rings. The number of sulfone groups is 1. The van der Waals surface area contributed by atoms with E-state index in [0.29, 0.717) is 12.1 Å². The maximum absolute atomic E-state index is 11.5. The Morgan fingerprint density at radius 2 is 1.71 bits per heavy atom. The molecular formula is C18H24N2O3S. The van der Waals surface area contributed by atoms with Gasteiger partial charge in [0.1, 0.15) is 0 Å². The molecule has 0 aliphatic heterocycles. The Morgan fingerprint density at radius 3 is 2.25 bits per heavy atom. The molecule has 0 saturated heterocycles. The maximum atomic E-state index is 11.5. The molecule has 1 atom stereocenters. The normalized spacial score (nSPS) is 14.5. The fraction of sp³-hybridized carbons (Fsp3) is 0.389. The van der Waals surface area contributed by atoms with E-state index in [1.165, 1.54) is 24.0 Å². The minimum absolute atomic E-state index is 0.257. The Morgan fingerprint density at radius 1 is 1.12 bits per heavy atom. The molecule has 0 amide bonds. The van der Waals surface area contributed by atoms with Gasteiger partial charge in [0.15, 0.2) is 9.84 Å². The van der Waals surface area contributed by atoms with Crippen LogP contribution in [0.25, 0.3) is 0 Å². The smallest absolute Gasteiger partial charge is 0.175 e. The van der Waals surface area contributed by atoms with E-state index in [1.54, 1.807) is 31.5 Å². The highest BCUT2D eigenvalue weighted by atomic mass is 32.2. The Kier molecular flexibility index (Phi) is 5.74. The van der Waals surface area contributed by atoms with Gasteiger partial charge in [0.2, 0.25) is 0 Å². The van der Waals surface area contributed by atoms with Gasteiger partial charge >= 0.3 is 0 Å². The summed E-state index contributed by atoms with van der Waals surface area (Å²) < 4.78 is 23.0. The van der Waals surface area contributed by atoms with Gasteiger partial charge in [0.25, 0.3) is 0 Å². The van der Waals surface area contributed by atoms with Crippen molar-refractivity contribution in [2.45, 2.75) is 23.8 Å². The molecule has 2 aromatic rings. The third-order valence-electron chi connectivity index (χ3n) is 4.01. The van der Waals surface area contributed by atoms with Crippen LogP contribution in [0.3, 0.4) is 0 Å². The summed E-state index contributed by atoms with van der Waals surface area (Å²) in [6, 6.07) is 10.4. The summed E-state index contributed by atoms with van der Waals surface area (Å²) in [5, 5.41) is 10.7. The molecule has 1 heterocycles. The summed E-state index contributed by atoms with van der Waals surface area (Å²) in [5.41, 5.74) is 0.850. The van der Waals surface area contributed by atoms with Gasteiger partial charge in [-0.25, -0.2) is 8.42 Å². The van der Waals surface area contributed by atoms with Crippen molar-refractivity contribution in [2.24, 2.45) is 0 Å². The number of likely N-dealkylation sites (N-methyl/N-ethyl adjacent to an activating group) is 1. The van der Waals surface area contributed by atoms with Crippen molar-refractivity contribution in [3.63, 3.8) is 0 Å². The molecule has 0 aliphatic carbocycles. The van der Waals surface area contributed by atoms with E-state index in [4.69, 9.17) is 0 Å². The van der Waals surface area contributed by atoms with E-state index in [-0.39, 0.29) is 4.90 Å². The molecule has 0 aliphatic rings. The van der Waals surface area contributed by atoms with Crippen molar-refractivity contribution in [3.8, 4) is 0 Å².